The lowest BCUT2D eigenvalue weighted by Crippen LogP contribution is -2.32. The molecule has 0 aliphatic heterocycles. The lowest BCUT2D eigenvalue weighted by molar-refractivity contribution is 0.602. The molecule has 0 bridgehead atoms. The van der Waals surface area contributed by atoms with Crippen LogP contribution in [0.1, 0.15) is 31.2 Å². The molecule has 5 nitrogen and oxygen atoms in total. The number of hydrogen-bond acceptors (Lipinski definition) is 4. The highest BCUT2D eigenvalue weighted by Gasteiger charge is 2.15. The Morgan fingerprint density at radius 1 is 1.26 bits per heavy atom. The van der Waals surface area contributed by atoms with Gasteiger partial charge >= 0.3 is 0 Å². The highest BCUT2D eigenvalue weighted by molar-refractivity contribution is 7.90. The average molecular weight is 281 g/mol. The van der Waals surface area contributed by atoms with Gasteiger partial charge in [-0.3, -0.25) is 4.99 Å². The summed E-state index contributed by atoms with van der Waals surface area (Å²) in [5.74, 6) is 6.13. The number of rotatable bonds is 3. The Labute approximate surface area is 113 Å². The van der Waals surface area contributed by atoms with E-state index >= 15 is 0 Å². The Morgan fingerprint density at radius 2 is 1.84 bits per heavy atom. The molecule has 1 aliphatic rings. The van der Waals surface area contributed by atoms with Gasteiger partial charge in [-0.15, -0.1) is 0 Å². The molecule has 1 fully saturated rings. The fraction of sp³-hybridized carbons (Fsp3) is 0.462. The molecule has 19 heavy (non-hydrogen) atoms. The van der Waals surface area contributed by atoms with Gasteiger partial charge in [0.25, 0.3) is 0 Å². The minimum atomic E-state index is -3.17. The van der Waals surface area contributed by atoms with Crippen molar-refractivity contribution in [2.45, 2.75) is 36.6 Å². The summed E-state index contributed by atoms with van der Waals surface area (Å²) >= 11 is 0. The number of sulfone groups is 1. The molecule has 0 radical (unpaired) electrons. The minimum absolute atomic E-state index is 0.300. The minimum Gasteiger partial charge on any atom is -0.308 e. The van der Waals surface area contributed by atoms with Gasteiger partial charge in [-0.2, -0.15) is 0 Å². The summed E-state index contributed by atoms with van der Waals surface area (Å²) in [5.41, 5.74) is 3.41. The molecule has 1 aromatic rings. The van der Waals surface area contributed by atoms with Crippen molar-refractivity contribution in [3.63, 3.8) is 0 Å². The summed E-state index contributed by atoms with van der Waals surface area (Å²) in [7, 11) is -3.17. The van der Waals surface area contributed by atoms with Gasteiger partial charge in [-0.1, -0.05) is 12.8 Å². The van der Waals surface area contributed by atoms with Crippen LogP contribution in [0.5, 0.6) is 0 Å². The number of hydrogen-bond donors (Lipinski definition) is 2. The van der Waals surface area contributed by atoms with Crippen molar-refractivity contribution in [3.05, 3.63) is 29.8 Å². The lowest BCUT2D eigenvalue weighted by atomic mass is 10.2. The van der Waals surface area contributed by atoms with E-state index in [-0.39, 0.29) is 0 Å². The first-order chi connectivity index (χ1) is 9.00. The fourth-order valence-corrected chi connectivity index (χ4v) is 2.90. The molecule has 1 saturated carbocycles. The normalized spacial score (nSPS) is 17.7. The van der Waals surface area contributed by atoms with E-state index < -0.39 is 9.84 Å². The Morgan fingerprint density at radius 3 is 2.32 bits per heavy atom. The first kappa shape index (κ1) is 14.0. The van der Waals surface area contributed by atoms with Gasteiger partial charge in [0.2, 0.25) is 0 Å². The van der Waals surface area contributed by atoms with Crippen molar-refractivity contribution in [2.24, 2.45) is 10.8 Å². The number of aliphatic imine (C=N–C) groups is 1. The van der Waals surface area contributed by atoms with Crippen molar-refractivity contribution in [3.8, 4) is 0 Å². The van der Waals surface area contributed by atoms with Crippen LogP contribution >= 0.6 is 0 Å². The van der Waals surface area contributed by atoms with Crippen molar-refractivity contribution < 1.29 is 8.42 Å². The van der Waals surface area contributed by atoms with Crippen LogP contribution < -0.4 is 11.3 Å². The molecule has 1 aromatic carbocycles. The molecule has 0 unspecified atom stereocenters. The summed E-state index contributed by atoms with van der Waals surface area (Å²) in [6.07, 6.45) is 5.79. The zero-order chi connectivity index (χ0) is 13.9. The highest BCUT2D eigenvalue weighted by Crippen LogP contribution is 2.21. The Kier molecular flexibility index (Phi) is 4.21. The summed E-state index contributed by atoms with van der Waals surface area (Å²) in [4.78, 5) is 4.89. The molecule has 104 valence electrons. The molecule has 1 aliphatic carbocycles. The van der Waals surface area contributed by atoms with Gasteiger partial charge in [0, 0.05) is 11.8 Å². The smallest absolute Gasteiger partial charge is 0.175 e. The van der Waals surface area contributed by atoms with Crippen molar-refractivity contribution in [2.75, 3.05) is 6.26 Å². The maximum absolute atomic E-state index is 11.4. The van der Waals surface area contributed by atoms with Crippen molar-refractivity contribution in [1.29, 1.82) is 0 Å². The van der Waals surface area contributed by atoms with Crippen molar-refractivity contribution >= 4 is 15.7 Å². The van der Waals surface area contributed by atoms with Gasteiger partial charge in [-0.05, 0) is 37.1 Å². The summed E-state index contributed by atoms with van der Waals surface area (Å²) < 4.78 is 22.8. The predicted molar refractivity (Wildman–Crippen MR) is 75.7 cm³/mol. The maximum Gasteiger partial charge on any atom is 0.175 e. The lowest BCUT2D eigenvalue weighted by Gasteiger charge is -2.10. The Balaban J connectivity index is 2.24. The number of nitrogens with zero attached hydrogens (tertiary/aromatic N) is 1. The van der Waals surface area contributed by atoms with Crippen LogP contribution in [-0.4, -0.2) is 26.6 Å². The van der Waals surface area contributed by atoms with E-state index in [1.165, 1.54) is 19.1 Å². The van der Waals surface area contributed by atoms with Crippen LogP contribution in [0.25, 0.3) is 0 Å². The van der Waals surface area contributed by atoms with Gasteiger partial charge in [0.05, 0.1) is 10.9 Å². The van der Waals surface area contributed by atoms with E-state index in [9.17, 15) is 8.42 Å². The monoisotopic (exact) mass is 281 g/mol. The van der Waals surface area contributed by atoms with E-state index in [4.69, 9.17) is 5.84 Å². The summed E-state index contributed by atoms with van der Waals surface area (Å²) in [5, 5.41) is 0. The van der Waals surface area contributed by atoms with Crippen LogP contribution in [-0.2, 0) is 9.84 Å². The third-order valence-electron chi connectivity index (χ3n) is 3.33. The van der Waals surface area contributed by atoms with Crippen LogP contribution in [0.3, 0.4) is 0 Å². The molecule has 0 heterocycles. The molecule has 0 aromatic heterocycles. The molecule has 0 amide bonds. The maximum atomic E-state index is 11.4. The fourth-order valence-electron chi connectivity index (χ4n) is 2.27. The van der Waals surface area contributed by atoms with E-state index in [0.29, 0.717) is 16.8 Å². The van der Waals surface area contributed by atoms with Gasteiger partial charge < -0.3 is 5.43 Å². The molecule has 3 N–H and O–H groups in total. The third kappa shape index (κ3) is 3.54. The first-order valence-electron chi connectivity index (χ1n) is 6.35. The second-order valence-electron chi connectivity index (χ2n) is 4.86. The average Bonchev–Trinajstić information content (AvgIpc) is 2.88. The second-order valence-corrected chi connectivity index (χ2v) is 6.87. The molecule has 6 heteroatoms. The zero-order valence-electron chi connectivity index (χ0n) is 11.0. The molecule has 0 atom stereocenters. The number of nitrogens with one attached hydrogen (secondary N) is 1. The molecule has 0 saturated heterocycles. The molecule has 0 spiro atoms. The van der Waals surface area contributed by atoms with Crippen LogP contribution in [0.2, 0.25) is 0 Å². The highest BCUT2D eigenvalue weighted by atomic mass is 32.2. The molecular formula is C13H19N3O2S. The molecular weight excluding hydrogens is 262 g/mol. The Hall–Kier alpha value is -1.40. The van der Waals surface area contributed by atoms with E-state index in [1.807, 2.05) is 0 Å². The first-order valence-corrected chi connectivity index (χ1v) is 8.25. The van der Waals surface area contributed by atoms with Crippen molar-refractivity contribution in [1.82, 2.24) is 5.43 Å². The second kappa shape index (κ2) is 5.71. The number of amidine groups is 1. The molecule has 2 rings (SSSR count). The van der Waals surface area contributed by atoms with Crippen LogP contribution in [0.15, 0.2) is 34.2 Å². The Bertz CT molecular complexity index is 558. The number of hydrazine groups is 1. The quantitative estimate of drug-likeness (QED) is 0.378. The predicted octanol–water partition coefficient (Wildman–Crippen LogP) is 1.24. The number of nitrogens with two attached hydrogens (primary N) is 1. The SMILES string of the molecule is CS(=O)(=O)c1ccc(C(=NC2CCCC2)NN)cc1. The van der Waals surface area contributed by atoms with E-state index in [1.54, 1.807) is 24.3 Å². The third-order valence-corrected chi connectivity index (χ3v) is 4.46. The largest absolute Gasteiger partial charge is 0.308 e. The van der Waals surface area contributed by atoms with Gasteiger partial charge in [-0.25, -0.2) is 14.3 Å². The topological polar surface area (TPSA) is 84.5 Å². The van der Waals surface area contributed by atoms with E-state index in [0.717, 1.165) is 18.4 Å². The van der Waals surface area contributed by atoms with Crippen LogP contribution in [0, 0.1) is 0 Å². The number of benzene rings is 1. The summed E-state index contributed by atoms with van der Waals surface area (Å²) in [6, 6.07) is 6.92. The van der Waals surface area contributed by atoms with E-state index in [2.05, 4.69) is 10.4 Å². The van der Waals surface area contributed by atoms with Crippen LogP contribution in [0.4, 0.5) is 0 Å². The summed E-state index contributed by atoms with van der Waals surface area (Å²) in [6.45, 7) is 0. The van der Waals surface area contributed by atoms with Gasteiger partial charge in [0.1, 0.15) is 5.84 Å². The van der Waals surface area contributed by atoms with Gasteiger partial charge in [0.15, 0.2) is 9.84 Å². The standard InChI is InChI=1S/C13H19N3O2S/c1-19(17,18)12-8-6-10(7-9-12)13(16-14)15-11-4-2-3-5-11/h6-9,11H,2-5,14H2,1H3,(H,15,16). The zero-order valence-corrected chi connectivity index (χ0v) is 11.8.